The van der Waals surface area contributed by atoms with E-state index in [-0.39, 0.29) is 5.78 Å². The third-order valence-electron chi connectivity index (χ3n) is 5.17. The van der Waals surface area contributed by atoms with Crippen LogP contribution < -0.4 is 9.80 Å². The fraction of sp³-hybridized carbons (Fsp3) is 0.421. The van der Waals surface area contributed by atoms with E-state index < -0.39 is 0 Å². The van der Waals surface area contributed by atoms with Gasteiger partial charge >= 0.3 is 0 Å². The van der Waals surface area contributed by atoms with Gasteiger partial charge in [-0.2, -0.15) is 0 Å². The van der Waals surface area contributed by atoms with E-state index in [1.165, 1.54) is 4.90 Å². The molecule has 1 aliphatic rings. The van der Waals surface area contributed by atoms with Crippen LogP contribution in [0.3, 0.4) is 0 Å². The van der Waals surface area contributed by atoms with Gasteiger partial charge in [0.25, 0.3) is 0 Å². The maximum absolute atomic E-state index is 12.6. The highest BCUT2D eigenvalue weighted by Crippen LogP contribution is 2.18. The number of ketones is 1. The summed E-state index contributed by atoms with van der Waals surface area (Å²) in [5.41, 5.74) is 4.18. The van der Waals surface area contributed by atoms with Crippen molar-refractivity contribution in [2.45, 2.75) is 13.8 Å². The number of quaternary nitrogens is 1. The van der Waals surface area contributed by atoms with Crippen LogP contribution in [0.2, 0.25) is 0 Å². The summed E-state index contributed by atoms with van der Waals surface area (Å²) < 4.78 is 2.07. The number of rotatable bonds is 4. The SMILES string of the molecule is Cc1cc(C(=O)C[NH+]2CCN(c3ccc(O)cc3)CC2)c(C)n1C. The Hall–Kier alpha value is -2.27. The first-order chi connectivity index (χ1) is 11.5. The summed E-state index contributed by atoms with van der Waals surface area (Å²) in [7, 11) is 2.00. The molecule has 1 aromatic carbocycles. The number of aryl methyl sites for hydroxylation is 1. The van der Waals surface area contributed by atoms with Gasteiger partial charge in [0.15, 0.2) is 0 Å². The van der Waals surface area contributed by atoms with Gasteiger partial charge in [0.2, 0.25) is 5.78 Å². The number of anilines is 1. The van der Waals surface area contributed by atoms with Gasteiger partial charge in [0.1, 0.15) is 12.3 Å². The quantitative estimate of drug-likeness (QED) is 0.821. The molecular formula is C19H26N3O2+. The van der Waals surface area contributed by atoms with Gasteiger partial charge in [-0.05, 0) is 44.2 Å². The molecule has 128 valence electrons. The number of nitrogens with one attached hydrogen (secondary N) is 1. The smallest absolute Gasteiger partial charge is 0.218 e. The van der Waals surface area contributed by atoms with Crippen molar-refractivity contribution in [2.24, 2.45) is 7.05 Å². The topological polar surface area (TPSA) is 49.9 Å². The Bertz CT molecular complexity index is 726. The van der Waals surface area contributed by atoms with Gasteiger partial charge in [0.05, 0.1) is 26.2 Å². The molecule has 1 aliphatic heterocycles. The number of aromatic hydroxyl groups is 1. The summed E-state index contributed by atoms with van der Waals surface area (Å²) in [6.07, 6.45) is 0. The number of Topliss-reactive ketones (excluding diaryl/α,β-unsaturated/α-hetero) is 1. The summed E-state index contributed by atoms with van der Waals surface area (Å²) in [5.74, 6) is 0.534. The molecule has 1 fully saturated rings. The van der Waals surface area contributed by atoms with E-state index in [2.05, 4.69) is 9.47 Å². The molecule has 2 N–H and O–H groups in total. The minimum absolute atomic E-state index is 0.240. The molecule has 2 aromatic rings. The molecule has 0 radical (unpaired) electrons. The minimum atomic E-state index is 0.240. The molecule has 24 heavy (non-hydrogen) atoms. The second-order valence-electron chi connectivity index (χ2n) is 6.70. The Labute approximate surface area is 143 Å². The van der Waals surface area contributed by atoms with Crippen LogP contribution in [-0.2, 0) is 7.05 Å². The molecule has 0 atom stereocenters. The lowest BCUT2D eigenvalue weighted by molar-refractivity contribution is -0.892. The second-order valence-corrected chi connectivity index (χ2v) is 6.70. The average molecular weight is 328 g/mol. The van der Waals surface area contributed by atoms with Crippen LogP contribution in [0.15, 0.2) is 30.3 Å². The van der Waals surface area contributed by atoms with E-state index in [1.807, 2.05) is 39.1 Å². The summed E-state index contributed by atoms with van der Waals surface area (Å²) in [5, 5.41) is 9.39. The molecule has 2 heterocycles. The van der Waals surface area contributed by atoms with Gasteiger partial charge in [-0.3, -0.25) is 4.79 Å². The molecule has 0 unspecified atom stereocenters. The third kappa shape index (κ3) is 3.31. The zero-order valence-corrected chi connectivity index (χ0v) is 14.7. The highest BCUT2D eigenvalue weighted by molar-refractivity contribution is 5.98. The first-order valence-corrected chi connectivity index (χ1v) is 8.49. The highest BCUT2D eigenvalue weighted by atomic mass is 16.3. The molecule has 0 bridgehead atoms. The third-order valence-corrected chi connectivity index (χ3v) is 5.17. The van der Waals surface area contributed by atoms with E-state index in [9.17, 15) is 9.90 Å². The number of carbonyl (C=O) groups excluding carboxylic acids is 1. The van der Waals surface area contributed by atoms with Crippen molar-refractivity contribution in [3.63, 3.8) is 0 Å². The lowest BCUT2D eigenvalue weighted by atomic mass is 10.1. The first-order valence-electron chi connectivity index (χ1n) is 8.49. The van der Waals surface area contributed by atoms with Gasteiger partial charge in [-0.15, -0.1) is 0 Å². The fourth-order valence-electron chi connectivity index (χ4n) is 3.38. The molecule has 5 heteroatoms. The molecule has 0 aliphatic carbocycles. The Morgan fingerprint density at radius 1 is 1.17 bits per heavy atom. The molecule has 0 saturated carbocycles. The molecule has 1 aromatic heterocycles. The van der Waals surface area contributed by atoms with E-state index in [1.54, 1.807) is 12.1 Å². The predicted molar refractivity (Wildman–Crippen MR) is 95.1 cm³/mol. The maximum Gasteiger partial charge on any atom is 0.218 e. The summed E-state index contributed by atoms with van der Waals surface area (Å²) in [4.78, 5) is 16.3. The molecule has 1 saturated heterocycles. The lowest BCUT2D eigenvalue weighted by Crippen LogP contribution is -3.15. The van der Waals surface area contributed by atoms with E-state index in [4.69, 9.17) is 0 Å². The number of carbonyl (C=O) groups is 1. The number of nitrogens with zero attached hydrogens (tertiary/aromatic N) is 2. The van der Waals surface area contributed by atoms with Crippen LogP contribution in [0, 0.1) is 13.8 Å². The molecular weight excluding hydrogens is 302 g/mol. The molecule has 0 amide bonds. The van der Waals surface area contributed by atoms with Crippen molar-refractivity contribution in [3.05, 3.63) is 47.3 Å². The summed E-state index contributed by atoms with van der Waals surface area (Å²) in [6.45, 7) is 8.38. The monoisotopic (exact) mass is 328 g/mol. The number of phenols is 1. The van der Waals surface area contributed by atoms with Crippen molar-refractivity contribution < 1.29 is 14.8 Å². The van der Waals surface area contributed by atoms with Crippen molar-refractivity contribution in [3.8, 4) is 5.75 Å². The number of phenolic OH excluding ortho intramolecular Hbond substituents is 1. The second kappa shape index (κ2) is 6.69. The number of aromatic nitrogens is 1. The van der Waals surface area contributed by atoms with Crippen LogP contribution >= 0.6 is 0 Å². The van der Waals surface area contributed by atoms with Gasteiger partial charge in [0, 0.05) is 29.7 Å². The molecule has 0 spiro atoms. The number of benzene rings is 1. The number of hydrogen-bond donors (Lipinski definition) is 2. The Morgan fingerprint density at radius 2 is 1.79 bits per heavy atom. The number of piperazine rings is 1. The van der Waals surface area contributed by atoms with E-state index in [0.717, 1.165) is 48.8 Å². The van der Waals surface area contributed by atoms with Crippen molar-refractivity contribution in [2.75, 3.05) is 37.6 Å². The van der Waals surface area contributed by atoms with Gasteiger partial charge in [-0.1, -0.05) is 0 Å². The molecule has 3 rings (SSSR count). The van der Waals surface area contributed by atoms with Gasteiger partial charge < -0.3 is 19.5 Å². The Kier molecular flexibility index (Phi) is 4.62. The van der Waals surface area contributed by atoms with Crippen LogP contribution in [0.1, 0.15) is 21.7 Å². The fourth-order valence-corrected chi connectivity index (χ4v) is 3.38. The van der Waals surface area contributed by atoms with Crippen molar-refractivity contribution in [1.82, 2.24) is 4.57 Å². The molecule has 5 nitrogen and oxygen atoms in total. The average Bonchev–Trinajstić information content (AvgIpc) is 2.84. The van der Waals surface area contributed by atoms with Crippen LogP contribution in [-0.4, -0.2) is 48.2 Å². The largest absolute Gasteiger partial charge is 0.508 e. The minimum Gasteiger partial charge on any atom is -0.508 e. The van der Waals surface area contributed by atoms with E-state index in [0.29, 0.717) is 12.3 Å². The lowest BCUT2D eigenvalue weighted by Gasteiger charge is -2.33. The van der Waals surface area contributed by atoms with Crippen LogP contribution in [0.25, 0.3) is 0 Å². The predicted octanol–water partition coefficient (Wildman–Crippen LogP) is 0.935. The zero-order chi connectivity index (χ0) is 17.3. The maximum atomic E-state index is 12.6. The Morgan fingerprint density at radius 3 is 2.33 bits per heavy atom. The van der Waals surface area contributed by atoms with Crippen molar-refractivity contribution >= 4 is 11.5 Å². The van der Waals surface area contributed by atoms with Crippen molar-refractivity contribution in [1.29, 1.82) is 0 Å². The van der Waals surface area contributed by atoms with Gasteiger partial charge in [-0.25, -0.2) is 0 Å². The Balaban J connectivity index is 1.58. The standard InChI is InChI=1S/C19H25N3O2/c1-14-12-18(15(2)20(14)3)19(24)13-21-8-10-22(11-9-21)16-4-6-17(23)7-5-16/h4-7,12,23H,8-11,13H2,1-3H3/p+1. The highest BCUT2D eigenvalue weighted by Gasteiger charge is 2.24. The van der Waals surface area contributed by atoms with Crippen LogP contribution in [0.5, 0.6) is 5.75 Å². The number of hydrogen-bond acceptors (Lipinski definition) is 3. The van der Waals surface area contributed by atoms with Crippen LogP contribution in [0.4, 0.5) is 5.69 Å². The normalized spacial score (nSPS) is 15.7. The summed E-state index contributed by atoms with van der Waals surface area (Å²) in [6, 6.07) is 9.34. The van der Waals surface area contributed by atoms with E-state index >= 15 is 0 Å². The zero-order valence-electron chi connectivity index (χ0n) is 14.7. The first kappa shape index (κ1) is 16.6. The summed E-state index contributed by atoms with van der Waals surface area (Å²) >= 11 is 0.